The molecule has 0 fully saturated rings. The monoisotopic (exact) mass is 386 g/mol. The van der Waals surface area contributed by atoms with Crippen molar-refractivity contribution >= 4 is 22.7 Å². The fourth-order valence-electron chi connectivity index (χ4n) is 2.91. The van der Waals surface area contributed by atoms with Crippen LogP contribution in [0.5, 0.6) is 11.8 Å². The van der Waals surface area contributed by atoms with Crippen LogP contribution >= 0.6 is 11.8 Å². The maximum atomic E-state index is 12.7. The number of carbonyl (C=O) groups is 1. The van der Waals surface area contributed by atoms with Crippen molar-refractivity contribution in [1.82, 2.24) is 9.97 Å². The fourth-order valence-corrected chi connectivity index (χ4v) is 3.89. The summed E-state index contributed by atoms with van der Waals surface area (Å²) in [5.41, 5.74) is 7.46. The molecule has 0 spiro atoms. The minimum atomic E-state index is -0.371. The first-order chi connectivity index (χ1) is 12.9. The largest absolute Gasteiger partial charge is 0.481 e. The van der Waals surface area contributed by atoms with E-state index in [0.717, 1.165) is 23.3 Å². The molecule has 2 N–H and O–H groups in total. The Labute approximate surface area is 162 Å². The lowest BCUT2D eigenvalue weighted by molar-refractivity contribution is 0.0981. The van der Waals surface area contributed by atoms with Gasteiger partial charge in [0.15, 0.2) is 5.17 Å². The van der Waals surface area contributed by atoms with Crippen molar-refractivity contribution in [3.8, 4) is 11.8 Å². The van der Waals surface area contributed by atoms with Crippen LogP contribution in [-0.2, 0) is 12.0 Å². The Hall–Kier alpha value is -2.61. The highest BCUT2D eigenvalue weighted by molar-refractivity contribution is 8.13. The maximum absolute atomic E-state index is 12.7. The molecule has 27 heavy (non-hydrogen) atoms. The zero-order valence-corrected chi connectivity index (χ0v) is 16.4. The summed E-state index contributed by atoms with van der Waals surface area (Å²) >= 11 is 1.57. The second kappa shape index (κ2) is 7.96. The van der Waals surface area contributed by atoms with Crippen molar-refractivity contribution in [2.24, 2.45) is 10.7 Å². The number of ether oxygens (including phenoxy) is 2. The van der Waals surface area contributed by atoms with Gasteiger partial charge in [0.1, 0.15) is 0 Å². The Balaban J connectivity index is 1.84. The Morgan fingerprint density at radius 2 is 1.93 bits per heavy atom. The van der Waals surface area contributed by atoms with Crippen molar-refractivity contribution < 1.29 is 14.3 Å². The minimum absolute atomic E-state index is 0.0687. The standard InChI is InChI=1S/C19H22N4O3S/c1-19(7-8-27-18(20)23-19)13-6-4-5-12(9-13)10-14(24)17-21-15(25-2)11-16(22-17)26-3/h4-6,9,11H,7-8,10H2,1-3H3,(H2,20,23)/t19-/m0/s1. The number of hydrogen-bond acceptors (Lipinski definition) is 8. The molecule has 0 amide bonds. The van der Waals surface area contributed by atoms with Crippen LogP contribution < -0.4 is 15.2 Å². The second-order valence-corrected chi connectivity index (χ2v) is 7.51. The smallest absolute Gasteiger partial charge is 0.220 e. The third kappa shape index (κ3) is 4.39. The first-order valence-electron chi connectivity index (χ1n) is 8.51. The summed E-state index contributed by atoms with van der Waals surface area (Å²) in [6, 6.07) is 9.39. The number of methoxy groups -OCH3 is 2. The quantitative estimate of drug-likeness (QED) is 0.762. The van der Waals surface area contributed by atoms with E-state index in [1.165, 1.54) is 20.3 Å². The lowest BCUT2D eigenvalue weighted by atomic mass is 9.88. The molecule has 0 saturated carbocycles. The van der Waals surface area contributed by atoms with Crippen molar-refractivity contribution in [3.05, 3.63) is 47.3 Å². The van der Waals surface area contributed by atoms with Gasteiger partial charge in [0.2, 0.25) is 23.4 Å². The van der Waals surface area contributed by atoms with Crippen molar-refractivity contribution in [2.75, 3.05) is 20.0 Å². The van der Waals surface area contributed by atoms with Crippen LogP contribution in [0.15, 0.2) is 35.3 Å². The van der Waals surface area contributed by atoms with E-state index >= 15 is 0 Å². The van der Waals surface area contributed by atoms with Gasteiger partial charge in [0, 0.05) is 12.2 Å². The summed E-state index contributed by atoms with van der Waals surface area (Å²) in [6.07, 6.45) is 1.07. The van der Waals surface area contributed by atoms with Gasteiger partial charge in [-0.25, -0.2) is 0 Å². The molecule has 7 nitrogen and oxygen atoms in total. The molecule has 0 radical (unpaired) electrons. The molecule has 2 aromatic rings. The fraction of sp³-hybridized carbons (Fsp3) is 0.368. The molecule has 0 saturated heterocycles. The number of aromatic nitrogens is 2. The molecule has 1 aromatic carbocycles. The number of rotatable bonds is 6. The van der Waals surface area contributed by atoms with E-state index in [4.69, 9.17) is 15.2 Å². The van der Waals surface area contributed by atoms with Gasteiger partial charge in [-0.15, -0.1) is 0 Å². The molecule has 0 aliphatic carbocycles. The van der Waals surface area contributed by atoms with Gasteiger partial charge in [0.25, 0.3) is 0 Å². The number of nitrogens with zero attached hydrogens (tertiary/aromatic N) is 3. The van der Waals surface area contributed by atoms with E-state index < -0.39 is 0 Å². The Morgan fingerprint density at radius 3 is 2.56 bits per heavy atom. The maximum Gasteiger partial charge on any atom is 0.220 e. The molecule has 3 rings (SSSR count). The van der Waals surface area contributed by atoms with Crippen LogP contribution in [0.25, 0.3) is 0 Å². The number of Topliss-reactive ketones (excluding diaryl/α,β-unsaturated/α-hetero) is 1. The zero-order chi connectivity index (χ0) is 19.4. The molecule has 1 atom stereocenters. The van der Waals surface area contributed by atoms with Gasteiger partial charge in [-0.3, -0.25) is 9.79 Å². The number of amidine groups is 1. The average molecular weight is 386 g/mol. The minimum Gasteiger partial charge on any atom is -0.481 e. The zero-order valence-electron chi connectivity index (χ0n) is 15.6. The molecule has 142 valence electrons. The third-order valence-electron chi connectivity index (χ3n) is 4.46. The van der Waals surface area contributed by atoms with E-state index in [0.29, 0.717) is 5.17 Å². The summed E-state index contributed by atoms with van der Waals surface area (Å²) in [6.45, 7) is 2.07. The van der Waals surface area contributed by atoms with Crippen molar-refractivity contribution in [2.45, 2.75) is 25.3 Å². The number of ketones is 1. The predicted molar refractivity (Wildman–Crippen MR) is 106 cm³/mol. The van der Waals surface area contributed by atoms with E-state index in [-0.39, 0.29) is 35.3 Å². The Morgan fingerprint density at radius 1 is 1.22 bits per heavy atom. The van der Waals surface area contributed by atoms with Crippen LogP contribution in [0.1, 0.15) is 35.1 Å². The first-order valence-corrected chi connectivity index (χ1v) is 9.50. The van der Waals surface area contributed by atoms with Crippen molar-refractivity contribution in [1.29, 1.82) is 0 Å². The molecular formula is C19H22N4O3S. The van der Waals surface area contributed by atoms with E-state index in [1.54, 1.807) is 11.8 Å². The van der Waals surface area contributed by atoms with Crippen LogP contribution in [0.4, 0.5) is 0 Å². The topological polar surface area (TPSA) is 99.7 Å². The van der Waals surface area contributed by atoms with Gasteiger partial charge >= 0.3 is 0 Å². The van der Waals surface area contributed by atoms with Crippen LogP contribution in [-0.4, -0.2) is 40.9 Å². The molecule has 1 aliphatic heterocycles. The number of nitrogens with two attached hydrogens (primary N) is 1. The lowest BCUT2D eigenvalue weighted by Gasteiger charge is -2.30. The number of aliphatic imine (C=N–C) groups is 1. The molecular weight excluding hydrogens is 364 g/mol. The number of benzene rings is 1. The summed E-state index contributed by atoms with van der Waals surface area (Å²) in [5, 5.41) is 0.599. The van der Waals surface area contributed by atoms with Crippen LogP contribution in [0.3, 0.4) is 0 Å². The van der Waals surface area contributed by atoms with E-state index in [9.17, 15) is 4.79 Å². The predicted octanol–water partition coefficient (Wildman–Crippen LogP) is 2.59. The summed E-state index contributed by atoms with van der Waals surface area (Å²) in [7, 11) is 2.96. The van der Waals surface area contributed by atoms with Crippen LogP contribution in [0.2, 0.25) is 0 Å². The summed E-state index contributed by atoms with van der Waals surface area (Å²) < 4.78 is 10.2. The van der Waals surface area contributed by atoms with Gasteiger partial charge in [-0.2, -0.15) is 9.97 Å². The van der Waals surface area contributed by atoms with Gasteiger partial charge in [-0.05, 0) is 24.5 Å². The van der Waals surface area contributed by atoms with Crippen LogP contribution in [0, 0.1) is 0 Å². The highest BCUT2D eigenvalue weighted by Crippen LogP contribution is 2.35. The van der Waals surface area contributed by atoms with Gasteiger partial charge in [0.05, 0.1) is 25.8 Å². The Kier molecular flexibility index (Phi) is 5.65. The third-order valence-corrected chi connectivity index (χ3v) is 5.25. The first kappa shape index (κ1) is 19.2. The van der Waals surface area contributed by atoms with Gasteiger partial charge < -0.3 is 15.2 Å². The normalized spacial score (nSPS) is 19.3. The van der Waals surface area contributed by atoms with Crippen molar-refractivity contribution in [3.63, 3.8) is 0 Å². The highest BCUT2D eigenvalue weighted by atomic mass is 32.2. The summed E-state index contributed by atoms with van der Waals surface area (Å²) in [5.74, 6) is 1.36. The van der Waals surface area contributed by atoms with E-state index in [2.05, 4.69) is 21.9 Å². The molecule has 0 bridgehead atoms. The highest BCUT2D eigenvalue weighted by Gasteiger charge is 2.29. The Bertz CT molecular complexity index is 865. The lowest BCUT2D eigenvalue weighted by Crippen LogP contribution is -2.28. The molecule has 0 unspecified atom stereocenters. The average Bonchev–Trinajstić information content (AvgIpc) is 2.67. The second-order valence-electron chi connectivity index (χ2n) is 6.40. The molecule has 1 aromatic heterocycles. The number of carbonyl (C=O) groups excluding carboxylic acids is 1. The summed E-state index contributed by atoms with van der Waals surface area (Å²) in [4.78, 5) is 25.6. The van der Waals surface area contributed by atoms with Gasteiger partial charge in [-0.1, -0.05) is 36.0 Å². The van der Waals surface area contributed by atoms with E-state index in [1.807, 2.05) is 24.3 Å². The molecule has 2 heterocycles. The molecule has 1 aliphatic rings. The number of hydrogen-bond donors (Lipinski definition) is 1. The SMILES string of the molecule is COc1cc(OC)nc(C(=O)Cc2cccc([C@]3(C)CCSC(N)=N3)c2)n1. The number of thioether (sulfide) groups is 1. The molecule has 8 heteroatoms.